The van der Waals surface area contributed by atoms with Gasteiger partial charge in [-0.3, -0.25) is 9.10 Å². The number of anilines is 1. The number of likely N-dealkylation sites (tertiary alicyclic amines) is 1. The van der Waals surface area contributed by atoms with Gasteiger partial charge in [-0.15, -0.1) is 0 Å². The molecule has 2 fully saturated rings. The molecule has 0 aliphatic carbocycles. The summed E-state index contributed by atoms with van der Waals surface area (Å²) in [5.41, 5.74) is 8.27. The molecule has 148 valence electrons. The fourth-order valence-corrected chi connectivity index (χ4v) is 5.82. The molecule has 6 nitrogen and oxygen atoms in total. The highest BCUT2D eigenvalue weighted by Crippen LogP contribution is 2.33. The summed E-state index contributed by atoms with van der Waals surface area (Å²) >= 11 is 0. The number of carbonyl (C=O) groups excluding carboxylic acids is 1. The van der Waals surface area contributed by atoms with E-state index in [4.69, 9.17) is 5.73 Å². The van der Waals surface area contributed by atoms with Crippen LogP contribution in [0.1, 0.15) is 28.3 Å². The van der Waals surface area contributed by atoms with E-state index in [2.05, 4.69) is 12.1 Å². The summed E-state index contributed by atoms with van der Waals surface area (Å²) in [7, 11) is -3.27. The fourth-order valence-electron chi connectivity index (χ4n) is 4.26. The number of carbonyl (C=O) groups is 1. The summed E-state index contributed by atoms with van der Waals surface area (Å²) in [5.74, 6) is 0.523. The normalized spacial score (nSPS) is 23.9. The standard InChI is InChI=1S/C21H25N3O3S/c22-13-18-14-23(15-20(18)16-6-2-1-3-7-16)21(25)17-8-4-9-19(12-17)24-10-5-11-28(24,26)27/h1-4,6-9,12,18,20H,5,10-11,13-15,22H2/t18-,20+/m1/s1. The Bertz CT molecular complexity index is 962. The molecule has 2 aliphatic rings. The lowest BCUT2D eigenvalue weighted by atomic mass is 9.89. The van der Waals surface area contributed by atoms with Crippen LogP contribution in [0.2, 0.25) is 0 Å². The Balaban J connectivity index is 1.56. The largest absolute Gasteiger partial charge is 0.338 e. The molecule has 0 unspecified atom stereocenters. The third-order valence-electron chi connectivity index (χ3n) is 5.74. The molecule has 2 saturated heterocycles. The number of benzene rings is 2. The predicted molar refractivity (Wildman–Crippen MR) is 110 cm³/mol. The van der Waals surface area contributed by atoms with Gasteiger partial charge in [-0.1, -0.05) is 36.4 Å². The lowest BCUT2D eigenvalue weighted by molar-refractivity contribution is 0.0786. The summed E-state index contributed by atoms with van der Waals surface area (Å²) in [6.45, 7) is 2.22. The SMILES string of the molecule is NC[C@@H]1CN(C(=O)c2cccc(N3CCCS3(=O)=O)c2)C[C@H]1c1ccccc1. The Morgan fingerprint density at radius 3 is 2.54 bits per heavy atom. The molecule has 0 bridgehead atoms. The lowest BCUT2D eigenvalue weighted by Crippen LogP contribution is -2.30. The van der Waals surface area contributed by atoms with Gasteiger partial charge in [-0.25, -0.2) is 8.42 Å². The molecule has 2 aliphatic heterocycles. The van der Waals surface area contributed by atoms with E-state index in [0.29, 0.717) is 43.9 Å². The summed E-state index contributed by atoms with van der Waals surface area (Å²) < 4.78 is 25.8. The molecular weight excluding hydrogens is 374 g/mol. The molecule has 4 rings (SSSR count). The molecule has 0 aromatic heterocycles. The van der Waals surface area contributed by atoms with Gasteiger partial charge in [0, 0.05) is 31.1 Å². The first kappa shape index (κ1) is 19.0. The number of hydrogen-bond acceptors (Lipinski definition) is 4. The van der Waals surface area contributed by atoms with Crippen LogP contribution in [0.25, 0.3) is 0 Å². The smallest absolute Gasteiger partial charge is 0.253 e. The minimum Gasteiger partial charge on any atom is -0.338 e. The molecule has 2 aromatic rings. The topological polar surface area (TPSA) is 83.7 Å². The van der Waals surface area contributed by atoms with Crippen molar-refractivity contribution >= 4 is 21.6 Å². The van der Waals surface area contributed by atoms with Gasteiger partial charge >= 0.3 is 0 Å². The van der Waals surface area contributed by atoms with E-state index in [0.717, 1.165) is 0 Å². The third-order valence-corrected chi connectivity index (χ3v) is 7.61. The van der Waals surface area contributed by atoms with E-state index < -0.39 is 10.0 Å². The molecule has 2 N–H and O–H groups in total. The maximum Gasteiger partial charge on any atom is 0.253 e. The molecule has 28 heavy (non-hydrogen) atoms. The molecule has 0 radical (unpaired) electrons. The van der Waals surface area contributed by atoms with Crippen molar-refractivity contribution in [1.29, 1.82) is 0 Å². The Morgan fingerprint density at radius 2 is 1.86 bits per heavy atom. The van der Waals surface area contributed by atoms with Gasteiger partial charge < -0.3 is 10.6 Å². The Hall–Kier alpha value is -2.38. The van der Waals surface area contributed by atoms with Crippen LogP contribution in [0.5, 0.6) is 0 Å². The monoisotopic (exact) mass is 399 g/mol. The number of nitrogens with two attached hydrogens (primary N) is 1. The molecule has 0 saturated carbocycles. The van der Waals surface area contributed by atoms with Crippen LogP contribution >= 0.6 is 0 Å². The lowest BCUT2D eigenvalue weighted by Gasteiger charge is -2.20. The Labute approximate surface area is 166 Å². The summed E-state index contributed by atoms with van der Waals surface area (Å²) in [6, 6.07) is 17.1. The first-order valence-corrected chi connectivity index (χ1v) is 11.3. The third kappa shape index (κ3) is 3.52. The first-order valence-electron chi connectivity index (χ1n) is 9.64. The van der Waals surface area contributed by atoms with Crippen molar-refractivity contribution in [1.82, 2.24) is 4.90 Å². The quantitative estimate of drug-likeness (QED) is 0.853. The highest BCUT2D eigenvalue weighted by Gasteiger charge is 2.36. The van der Waals surface area contributed by atoms with Gasteiger partial charge in [0.15, 0.2) is 0 Å². The highest BCUT2D eigenvalue weighted by atomic mass is 32.2. The second-order valence-corrected chi connectivity index (χ2v) is 9.53. The molecule has 1 amide bonds. The average Bonchev–Trinajstić information content (AvgIpc) is 3.31. The van der Waals surface area contributed by atoms with Crippen LogP contribution in [0.4, 0.5) is 5.69 Å². The molecule has 7 heteroatoms. The van der Waals surface area contributed by atoms with Gasteiger partial charge in [0.1, 0.15) is 0 Å². The first-order chi connectivity index (χ1) is 13.5. The van der Waals surface area contributed by atoms with Crippen LogP contribution in [0, 0.1) is 5.92 Å². The van der Waals surface area contributed by atoms with Crippen LogP contribution in [0.3, 0.4) is 0 Å². The van der Waals surface area contributed by atoms with E-state index in [1.807, 2.05) is 23.1 Å². The van der Waals surface area contributed by atoms with Crippen LogP contribution in [-0.4, -0.2) is 51.2 Å². The number of sulfonamides is 1. The van der Waals surface area contributed by atoms with E-state index in [1.54, 1.807) is 24.3 Å². The minimum absolute atomic E-state index is 0.0738. The van der Waals surface area contributed by atoms with Gasteiger partial charge in [-0.2, -0.15) is 0 Å². The Morgan fingerprint density at radius 1 is 1.07 bits per heavy atom. The maximum absolute atomic E-state index is 13.1. The molecular formula is C21H25N3O3S. The van der Waals surface area contributed by atoms with Crippen molar-refractivity contribution in [2.24, 2.45) is 11.7 Å². The molecule has 2 aromatic carbocycles. The zero-order valence-corrected chi connectivity index (χ0v) is 16.5. The fraction of sp³-hybridized carbons (Fsp3) is 0.381. The second kappa shape index (κ2) is 7.56. The maximum atomic E-state index is 13.1. The van der Waals surface area contributed by atoms with Crippen molar-refractivity contribution in [2.75, 3.05) is 36.2 Å². The second-order valence-electron chi connectivity index (χ2n) is 7.52. The van der Waals surface area contributed by atoms with Crippen LogP contribution in [-0.2, 0) is 10.0 Å². The number of amides is 1. The summed E-state index contributed by atoms with van der Waals surface area (Å²) in [5, 5.41) is 0. The van der Waals surface area contributed by atoms with E-state index >= 15 is 0 Å². The summed E-state index contributed by atoms with van der Waals surface area (Å²) in [4.78, 5) is 15.0. The highest BCUT2D eigenvalue weighted by molar-refractivity contribution is 7.93. The van der Waals surface area contributed by atoms with Crippen molar-refractivity contribution in [2.45, 2.75) is 12.3 Å². The van der Waals surface area contributed by atoms with Crippen molar-refractivity contribution in [3.63, 3.8) is 0 Å². The van der Waals surface area contributed by atoms with Gasteiger partial charge in [0.2, 0.25) is 10.0 Å². The van der Waals surface area contributed by atoms with E-state index in [9.17, 15) is 13.2 Å². The van der Waals surface area contributed by atoms with E-state index in [1.165, 1.54) is 9.87 Å². The zero-order valence-electron chi connectivity index (χ0n) is 15.7. The minimum atomic E-state index is -3.27. The van der Waals surface area contributed by atoms with Gasteiger partial charge in [0.25, 0.3) is 5.91 Å². The van der Waals surface area contributed by atoms with Crippen molar-refractivity contribution in [3.05, 3.63) is 65.7 Å². The van der Waals surface area contributed by atoms with E-state index in [-0.39, 0.29) is 23.5 Å². The van der Waals surface area contributed by atoms with Gasteiger partial charge in [0.05, 0.1) is 11.4 Å². The number of hydrogen-bond donors (Lipinski definition) is 1. The number of nitrogens with zero attached hydrogens (tertiary/aromatic N) is 2. The predicted octanol–water partition coefficient (Wildman–Crippen LogP) is 2.04. The van der Waals surface area contributed by atoms with Crippen molar-refractivity contribution < 1.29 is 13.2 Å². The zero-order chi connectivity index (χ0) is 19.7. The number of rotatable bonds is 4. The average molecular weight is 400 g/mol. The van der Waals surface area contributed by atoms with Crippen LogP contribution in [0.15, 0.2) is 54.6 Å². The Kier molecular flexibility index (Phi) is 5.12. The molecule has 2 atom stereocenters. The van der Waals surface area contributed by atoms with Gasteiger partial charge in [-0.05, 0) is 42.6 Å². The summed E-state index contributed by atoms with van der Waals surface area (Å²) in [6.07, 6.45) is 0.615. The molecule has 2 heterocycles. The van der Waals surface area contributed by atoms with Crippen molar-refractivity contribution in [3.8, 4) is 0 Å². The van der Waals surface area contributed by atoms with Crippen LogP contribution < -0.4 is 10.0 Å². The molecule has 0 spiro atoms.